The number of nitrogens with two attached hydrogens (primary N) is 1. The molecule has 1 heterocycles. The monoisotopic (exact) mass is 355 g/mol. The zero-order valence-electron chi connectivity index (χ0n) is 13.5. The van der Waals surface area contributed by atoms with Gasteiger partial charge in [-0.1, -0.05) is 24.3 Å². The number of para-hydroxylation sites is 1. The molecule has 0 radical (unpaired) electrons. The Morgan fingerprint density at radius 1 is 1.23 bits per heavy atom. The number of nitrogens with one attached hydrogen (secondary N) is 2. The maximum absolute atomic E-state index is 13.7. The molecule has 0 aliphatic carbocycles. The van der Waals surface area contributed by atoms with Crippen molar-refractivity contribution in [1.82, 2.24) is 9.78 Å². The van der Waals surface area contributed by atoms with Crippen molar-refractivity contribution in [3.63, 3.8) is 0 Å². The number of hydrogen-bond donors (Lipinski definition) is 3. The number of halogens is 2. The van der Waals surface area contributed by atoms with E-state index < -0.39 is 17.5 Å². The molecule has 0 saturated heterocycles. The van der Waals surface area contributed by atoms with Crippen LogP contribution >= 0.6 is 0 Å². The van der Waals surface area contributed by atoms with Gasteiger partial charge in [0.25, 0.3) is 5.91 Å². The number of nitrogens with zero attached hydrogens (tertiary/aromatic N) is 2. The van der Waals surface area contributed by atoms with E-state index in [0.29, 0.717) is 16.9 Å². The van der Waals surface area contributed by atoms with E-state index in [0.717, 1.165) is 12.1 Å². The predicted molar refractivity (Wildman–Crippen MR) is 94.0 cm³/mol. The van der Waals surface area contributed by atoms with Crippen LogP contribution in [0.5, 0.6) is 0 Å². The van der Waals surface area contributed by atoms with Crippen molar-refractivity contribution >= 4 is 23.0 Å². The molecule has 1 amide bonds. The van der Waals surface area contributed by atoms with Gasteiger partial charge in [0.2, 0.25) is 0 Å². The van der Waals surface area contributed by atoms with E-state index in [9.17, 15) is 13.6 Å². The van der Waals surface area contributed by atoms with E-state index in [1.807, 2.05) is 0 Å². The summed E-state index contributed by atoms with van der Waals surface area (Å²) in [7, 11) is 0. The second-order valence-corrected chi connectivity index (χ2v) is 5.58. The Morgan fingerprint density at radius 3 is 2.73 bits per heavy atom. The van der Waals surface area contributed by atoms with Crippen LogP contribution in [0.15, 0.2) is 54.9 Å². The van der Waals surface area contributed by atoms with Gasteiger partial charge >= 0.3 is 0 Å². The summed E-state index contributed by atoms with van der Waals surface area (Å²) >= 11 is 0. The fourth-order valence-electron chi connectivity index (χ4n) is 2.38. The molecule has 3 rings (SSSR count). The number of rotatable bonds is 5. The molecule has 0 bridgehead atoms. The van der Waals surface area contributed by atoms with Gasteiger partial charge in [-0.3, -0.25) is 14.9 Å². The molecule has 0 fully saturated rings. The summed E-state index contributed by atoms with van der Waals surface area (Å²) in [5.41, 5.74) is 6.75. The fourth-order valence-corrected chi connectivity index (χ4v) is 2.38. The molecule has 4 N–H and O–H groups in total. The lowest BCUT2D eigenvalue weighted by Crippen LogP contribution is -2.23. The van der Waals surface area contributed by atoms with Crippen LogP contribution in [0, 0.1) is 17.0 Å². The molecule has 1 aromatic heterocycles. The van der Waals surface area contributed by atoms with Crippen LogP contribution in [0.4, 0.5) is 20.2 Å². The van der Waals surface area contributed by atoms with Crippen LogP contribution in [0.25, 0.3) is 0 Å². The predicted octanol–water partition coefficient (Wildman–Crippen LogP) is 2.80. The number of anilines is 2. The highest BCUT2D eigenvalue weighted by Crippen LogP contribution is 2.15. The molecule has 26 heavy (non-hydrogen) atoms. The summed E-state index contributed by atoms with van der Waals surface area (Å²) < 4.78 is 28.0. The highest BCUT2D eigenvalue weighted by Gasteiger charge is 2.15. The molecule has 0 aliphatic rings. The first-order valence-electron chi connectivity index (χ1n) is 7.65. The summed E-state index contributed by atoms with van der Waals surface area (Å²) in [6.07, 6.45) is 2.86. The second kappa shape index (κ2) is 7.14. The number of nitrogen functional groups attached to an aromatic ring is 1. The smallest absolute Gasteiger partial charge is 0.274 e. The van der Waals surface area contributed by atoms with Gasteiger partial charge in [0.1, 0.15) is 17.3 Å². The van der Waals surface area contributed by atoms with Crippen LogP contribution in [0.2, 0.25) is 0 Å². The Hall–Kier alpha value is -3.55. The van der Waals surface area contributed by atoms with E-state index in [4.69, 9.17) is 11.1 Å². The van der Waals surface area contributed by atoms with Gasteiger partial charge in [0.05, 0.1) is 18.4 Å². The normalized spacial score (nSPS) is 10.5. The average molecular weight is 355 g/mol. The van der Waals surface area contributed by atoms with Crippen molar-refractivity contribution in [2.24, 2.45) is 0 Å². The number of carbonyl (C=O) groups is 1. The minimum Gasteiger partial charge on any atom is -0.398 e. The van der Waals surface area contributed by atoms with Gasteiger partial charge in [-0.25, -0.2) is 8.78 Å². The topological polar surface area (TPSA) is 96.8 Å². The van der Waals surface area contributed by atoms with Crippen molar-refractivity contribution in [3.8, 4) is 0 Å². The highest BCUT2D eigenvalue weighted by molar-refractivity contribution is 6.48. The zero-order chi connectivity index (χ0) is 18.7. The number of hydrogen-bond acceptors (Lipinski definition) is 4. The van der Waals surface area contributed by atoms with Gasteiger partial charge in [-0.15, -0.1) is 0 Å². The number of carbonyl (C=O) groups excluding carboxylic acids is 1. The van der Waals surface area contributed by atoms with E-state index in [2.05, 4.69) is 10.4 Å². The molecule has 3 aromatic rings. The second-order valence-electron chi connectivity index (χ2n) is 5.58. The minimum absolute atomic E-state index is 0.0745. The molecule has 2 aromatic carbocycles. The van der Waals surface area contributed by atoms with E-state index in [1.54, 1.807) is 24.3 Å². The van der Waals surface area contributed by atoms with Gasteiger partial charge < -0.3 is 11.1 Å². The first-order valence-corrected chi connectivity index (χ1v) is 7.65. The third-order valence-corrected chi connectivity index (χ3v) is 3.70. The SMILES string of the molecule is N=C(C(=O)Nc1cnn(Cc2ccc(F)cc2F)c1)c1ccccc1N. The molecule has 0 unspecified atom stereocenters. The standard InChI is InChI=1S/C18H15F2N5O/c19-12-6-5-11(15(20)7-12)9-25-10-13(8-23-25)24-18(26)17(22)14-3-1-2-4-16(14)21/h1-8,10,22H,9,21H2,(H,24,26). The van der Waals surface area contributed by atoms with Crippen LogP contribution in [-0.2, 0) is 11.3 Å². The molecule has 0 spiro atoms. The van der Waals surface area contributed by atoms with Crippen molar-refractivity contribution < 1.29 is 13.6 Å². The quantitative estimate of drug-likeness (QED) is 0.485. The third kappa shape index (κ3) is 3.75. The fraction of sp³-hybridized carbons (Fsp3) is 0.0556. The lowest BCUT2D eigenvalue weighted by Gasteiger charge is -2.07. The Balaban J connectivity index is 1.69. The summed E-state index contributed by atoms with van der Waals surface area (Å²) in [6, 6.07) is 9.87. The molecule has 8 heteroatoms. The van der Waals surface area contributed by atoms with Crippen molar-refractivity contribution in [2.75, 3.05) is 11.1 Å². The summed E-state index contributed by atoms with van der Waals surface area (Å²) in [4.78, 5) is 12.2. The molecule has 0 atom stereocenters. The Labute approximate surface area is 147 Å². The highest BCUT2D eigenvalue weighted by atomic mass is 19.1. The van der Waals surface area contributed by atoms with Crippen LogP contribution in [0.3, 0.4) is 0 Å². The van der Waals surface area contributed by atoms with Gasteiger partial charge in [0, 0.05) is 29.1 Å². The van der Waals surface area contributed by atoms with Gasteiger partial charge in [-0.05, 0) is 12.1 Å². The van der Waals surface area contributed by atoms with Crippen LogP contribution < -0.4 is 11.1 Å². The number of amides is 1. The first kappa shape index (κ1) is 17.3. The molecular weight excluding hydrogens is 340 g/mol. The Kier molecular flexibility index (Phi) is 4.74. The van der Waals surface area contributed by atoms with Gasteiger partial charge in [-0.2, -0.15) is 5.10 Å². The number of benzene rings is 2. The third-order valence-electron chi connectivity index (χ3n) is 3.70. The summed E-state index contributed by atoms with van der Waals surface area (Å²) in [6.45, 7) is 0.0745. The summed E-state index contributed by atoms with van der Waals surface area (Å²) in [5, 5.41) is 14.5. The first-order chi connectivity index (χ1) is 12.4. The molecule has 6 nitrogen and oxygen atoms in total. The minimum atomic E-state index is -0.674. The zero-order valence-corrected chi connectivity index (χ0v) is 13.5. The average Bonchev–Trinajstić information content (AvgIpc) is 3.04. The van der Waals surface area contributed by atoms with Gasteiger partial charge in [0.15, 0.2) is 0 Å². The molecule has 132 valence electrons. The maximum atomic E-state index is 13.7. The van der Waals surface area contributed by atoms with Crippen molar-refractivity contribution in [1.29, 1.82) is 5.41 Å². The van der Waals surface area contributed by atoms with Crippen molar-refractivity contribution in [3.05, 3.63) is 77.6 Å². The molecular formula is C18H15F2N5O. The summed E-state index contributed by atoms with van der Waals surface area (Å²) in [5.74, 6) is -1.97. The molecule has 0 saturated carbocycles. The van der Waals surface area contributed by atoms with Crippen LogP contribution in [0.1, 0.15) is 11.1 Å². The largest absolute Gasteiger partial charge is 0.398 e. The molecule has 0 aliphatic heterocycles. The van der Waals surface area contributed by atoms with E-state index in [1.165, 1.54) is 23.1 Å². The maximum Gasteiger partial charge on any atom is 0.274 e. The lowest BCUT2D eigenvalue weighted by atomic mass is 10.1. The van der Waals surface area contributed by atoms with E-state index in [-0.39, 0.29) is 17.8 Å². The van der Waals surface area contributed by atoms with E-state index >= 15 is 0 Å². The van der Waals surface area contributed by atoms with Crippen molar-refractivity contribution in [2.45, 2.75) is 6.54 Å². The number of aromatic nitrogens is 2. The Bertz CT molecular complexity index is 983. The van der Waals surface area contributed by atoms with Crippen LogP contribution in [-0.4, -0.2) is 21.4 Å². The lowest BCUT2D eigenvalue weighted by molar-refractivity contribution is -0.110. The Morgan fingerprint density at radius 2 is 2.00 bits per heavy atom.